The van der Waals surface area contributed by atoms with Crippen LogP contribution in [0, 0.1) is 0 Å². The highest BCUT2D eigenvalue weighted by molar-refractivity contribution is 7.91. The number of hydrogen-bond donors (Lipinski definition) is 1. The Labute approximate surface area is 206 Å². The first-order valence-corrected chi connectivity index (χ1v) is 13.5. The van der Waals surface area contributed by atoms with Gasteiger partial charge in [-0.3, -0.25) is 9.69 Å². The predicted octanol–water partition coefficient (Wildman–Crippen LogP) is 4.10. The van der Waals surface area contributed by atoms with Crippen molar-refractivity contribution in [1.82, 2.24) is 15.4 Å². The molecular formula is C26H31N3O5S. The van der Waals surface area contributed by atoms with E-state index >= 15 is 0 Å². The molecule has 1 fully saturated rings. The third-order valence-electron chi connectivity index (χ3n) is 6.41. The molecular weight excluding hydrogens is 466 g/mol. The summed E-state index contributed by atoms with van der Waals surface area (Å²) < 4.78 is 34.7. The molecule has 4 rings (SSSR count). The maximum absolute atomic E-state index is 12.9. The number of hydrogen-bond acceptors (Lipinski definition) is 7. The first-order chi connectivity index (χ1) is 16.9. The number of carbonyl (C=O) groups excluding carboxylic acids is 1. The van der Waals surface area contributed by atoms with Gasteiger partial charge in [0.15, 0.2) is 21.3 Å². The van der Waals surface area contributed by atoms with Gasteiger partial charge >= 0.3 is 0 Å². The quantitative estimate of drug-likeness (QED) is 0.475. The molecule has 8 nitrogen and oxygen atoms in total. The molecule has 9 heteroatoms. The molecule has 2 heterocycles. The van der Waals surface area contributed by atoms with Crippen molar-refractivity contribution < 1.29 is 22.5 Å². The molecule has 0 spiro atoms. The fourth-order valence-corrected chi connectivity index (χ4v) is 5.19. The van der Waals surface area contributed by atoms with Gasteiger partial charge in [0, 0.05) is 18.2 Å². The predicted molar refractivity (Wildman–Crippen MR) is 133 cm³/mol. The average molecular weight is 498 g/mol. The van der Waals surface area contributed by atoms with Gasteiger partial charge in [-0.25, -0.2) is 8.42 Å². The van der Waals surface area contributed by atoms with E-state index in [0.717, 1.165) is 37.2 Å². The van der Waals surface area contributed by atoms with Crippen LogP contribution in [-0.4, -0.2) is 56.9 Å². The van der Waals surface area contributed by atoms with E-state index < -0.39 is 9.84 Å². The Bertz CT molecular complexity index is 1230. The van der Waals surface area contributed by atoms with Crippen LogP contribution in [0.5, 0.6) is 5.75 Å². The van der Waals surface area contributed by atoms with Gasteiger partial charge < -0.3 is 14.6 Å². The van der Waals surface area contributed by atoms with Gasteiger partial charge in [-0.05, 0) is 67.9 Å². The van der Waals surface area contributed by atoms with Crippen molar-refractivity contribution in [2.45, 2.75) is 37.1 Å². The van der Waals surface area contributed by atoms with Gasteiger partial charge in [0.2, 0.25) is 0 Å². The number of benzene rings is 2. The first kappa shape index (κ1) is 24.9. The number of carbonyl (C=O) groups is 1. The van der Waals surface area contributed by atoms with Crippen LogP contribution in [0.1, 0.15) is 48.3 Å². The highest BCUT2D eigenvalue weighted by Gasteiger charge is 2.24. The maximum Gasteiger partial charge on any atom is 0.273 e. The monoisotopic (exact) mass is 497 g/mol. The van der Waals surface area contributed by atoms with E-state index in [9.17, 15) is 13.2 Å². The van der Waals surface area contributed by atoms with Crippen LogP contribution in [0.4, 0.5) is 0 Å². The zero-order valence-corrected chi connectivity index (χ0v) is 20.9. The van der Waals surface area contributed by atoms with E-state index in [1.165, 1.54) is 18.6 Å². The topological polar surface area (TPSA) is 102 Å². The van der Waals surface area contributed by atoms with E-state index in [-0.39, 0.29) is 28.3 Å². The zero-order chi connectivity index (χ0) is 24.8. The number of rotatable bonds is 9. The number of sulfone groups is 1. The SMILES string of the molecule is CCS(=O)(=O)c1ccc(-c2cc(C(=O)NCC(c3ccc(OC)cc3)N3CCCCC3)no2)cc1. The van der Waals surface area contributed by atoms with Gasteiger partial charge in [0.25, 0.3) is 5.91 Å². The molecule has 1 aromatic heterocycles. The number of piperidine rings is 1. The molecule has 186 valence electrons. The fraction of sp³-hybridized carbons (Fsp3) is 0.385. The highest BCUT2D eigenvalue weighted by Crippen LogP contribution is 2.27. The van der Waals surface area contributed by atoms with Gasteiger partial charge in [0.05, 0.1) is 23.8 Å². The zero-order valence-electron chi connectivity index (χ0n) is 20.1. The van der Waals surface area contributed by atoms with E-state index in [2.05, 4.69) is 15.4 Å². The standard InChI is InChI=1S/C26H31N3O5S/c1-3-35(31,32)22-13-9-20(10-14-22)25-17-23(28-34-25)26(30)27-18-24(29-15-5-4-6-16-29)19-7-11-21(33-2)12-8-19/h7-14,17,24H,3-6,15-16,18H2,1-2H3,(H,27,30). The highest BCUT2D eigenvalue weighted by atomic mass is 32.2. The molecule has 1 amide bonds. The molecule has 0 radical (unpaired) electrons. The third-order valence-corrected chi connectivity index (χ3v) is 8.16. The van der Waals surface area contributed by atoms with E-state index in [1.54, 1.807) is 32.2 Å². The Kier molecular flexibility index (Phi) is 7.87. The number of nitrogens with one attached hydrogen (secondary N) is 1. The summed E-state index contributed by atoms with van der Waals surface area (Å²) in [5, 5.41) is 6.94. The van der Waals surface area contributed by atoms with Crippen molar-refractivity contribution in [2.24, 2.45) is 0 Å². The summed E-state index contributed by atoms with van der Waals surface area (Å²) in [4.78, 5) is 15.5. The van der Waals surface area contributed by atoms with E-state index in [1.807, 2.05) is 24.3 Å². The van der Waals surface area contributed by atoms with Gasteiger partial charge in [-0.15, -0.1) is 0 Å². The minimum atomic E-state index is -3.28. The number of ether oxygens (including phenoxy) is 1. The molecule has 1 aliphatic heterocycles. The second kappa shape index (κ2) is 11.0. The summed E-state index contributed by atoms with van der Waals surface area (Å²) >= 11 is 0. The lowest BCUT2D eigenvalue weighted by Crippen LogP contribution is -2.40. The summed E-state index contributed by atoms with van der Waals surface area (Å²) in [6.07, 6.45) is 3.52. The van der Waals surface area contributed by atoms with Crippen LogP contribution < -0.4 is 10.1 Å². The molecule has 1 saturated heterocycles. The van der Waals surface area contributed by atoms with Gasteiger partial charge in [-0.1, -0.05) is 30.6 Å². The summed E-state index contributed by atoms with van der Waals surface area (Å²) in [7, 11) is -1.63. The van der Waals surface area contributed by atoms with Crippen LogP contribution >= 0.6 is 0 Å². The fourth-order valence-electron chi connectivity index (χ4n) is 4.31. The van der Waals surface area contributed by atoms with Crippen LogP contribution in [0.15, 0.2) is 64.0 Å². The maximum atomic E-state index is 12.9. The molecule has 0 saturated carbocycles. The van der Waals surface area contributed by atoms with Crippen molar-refractivity contribution in [3.63, 3.8) is 0 Å². The summed E-state index contributed by atoms with van der Waals surface area (Å²) in [5.74, 6) is 0.915. The largest absolute Gasteiger partial charge is 0.497 e. The van der Waals surface area contributed by atoms with Gasteiger partial charge in [0.1, 0.15) is 5.75 Å². The number of nitrogens with zero attached hydrogens (tertiary/aromatic N) is 2. The summed E-state index contributed by atoms with van der Waals surface area (Å²) in [6, 6.07) is 16.0. The van der Waals surface area contributed by atoms with Crippen molar-refractivity contribution >= 4 is 15.7 Å². The minimum Gasteiger partial charge on any atom is -0.497 e. The summed E-state index contributed by atoms with van der Waals surface area (Å²) in [5.41, 5.74) is 1.95. The van der Waals surface area contributed by atoms with Crippen molar-refractivity contribution in [2.75, 3.05) is 32.5 Å². The Morgan fingerprint density at radius 2 is 1.77 bits per heavy atom. The molecule has 0 aliphatic carbocycles. The van der Waals surface area contributed by atoms with Gasteiger partial charge in [-0.2, -0.15) is 0 Å². The number of amides is 1. The molecule has 2 aromatic carbocycles. The smallest absolute Gasteiger partial charge is 0.273 e. The van der Waals surface area contributed by atoms with E-state index in [0.29, 0.717) is 17.9 Å². The number of methoxy groups -OCH3 is 1. The van der Waals surface area contributed by atoms with Crippen LogP contribution in [-0.2, 0) is 9.84 Å². The number of likely N-dealkylation sites (tertiary alicyclic amines) is 1. The Balaban J connectivity index is 1.45. The molecule has 1 unspecified atom stereocenters. The normalized spacial score (nSPS) is 15.5. The summed E-state index contributed by atoms with van der Waals surface area (Å²) in [6.45, 7) is 4.03. The van der Waals surface area contributed by atoms with Crippen LogP contribution in [0.25, 0.3) is 11.3 Å². The molecule has 3 aromatic rings. The van der Waals surface area contributed by atoms with E-state index in [4.69, 9.17) is 9.26 Å². The Morgan fingerprint density at radius 3 is 2.40 bits per heavy atom. The van der Waals surface area contributed by atoms with Crippen LogP contribution in [0.3, 0.4) is 0 Å². The van der Waals surface area contributed by atoms with Crippen LogP contribution in [0.2, 0.25) is 0 Å². The Hall–Kier alpha value is -3.17. The molecule has 0 bridgehead atoms. The van der Waals surface area contributed by atoms with Crippen molar-refractivity contribution in [1.29, 1.82) is 0 Å². The second-order valence-electron chi connectivity index (χ2n) is 8.60. The first-order valence-electron chi connectivity index (χ1n) is 11.9. The van der Waals surface area contributed by atoms with Crippen molar-refractivity contribution in [3.8, 4) is 17.1 Å². The second-order valence-corrected chi connectivity index (χ2v) is 10.9. The molecule has 1 N–H and O–H groups in total. The lowest BCUT2D eigenvalue weighted by atomic mass is 10.0. The molecule has 1 atom stereocenters. The number of aromatic nitrogens is 1. The molecule has 1 aliphatic rings. The third kappa shape index (κ3) is 5.91. The minimum absolute atomic E-state index is 0.0356. The Morgan fingerprint density at radius 1 is 1.09 bits per heavy atom. The lowest BCUT2D eigenvalue weighted by molar-refractivity contribution is 0.0915. The average Bonchev–Trinajstić information content (AvgIpc) is 3.40. The van der Waals surface area contributed by atoms with Crippen molar-refractivity contribution in [3.05, 3.63) is 65.9 Å². The molecule has 35 heavy (non-hydrogen) atoms. The lowest BCUT2D eigenvalue weighted by Gasteiger charge is -2.35.